The van der Waals surface area contributed by atoms with Crippen molar-refractivity contribution < 1.29 is 40.1 Å². The van der Waals surface area contributed by atoms with Crippen LogP contribution in [0.4, 0.5) is 0 Å². The molecule has 55 heavy (non-hydrogen) atoms. The predicted octanol–water partition coefficient (Wildman–Crippen LogP) is 6.54. The van der Waals surface area contributed by atoms with Crippen molar-refractivity contribution in [3.8, 4) is 0 Å². The van der Waals surface area contributed by atoms with Crippen LogP contribution >= 0.6 is 0 Å². The molecule has 8 atom stereocenters. The van der Waals surface area contributed by atoms with Crippen molar-refractivity contribution in [2.75, 3.05) is 13.2 Å². The Hall–Kier alpha value is -1.11. The molecule has 6 saturated carbocycles. The molecule has 0 amide bonds. The molecule has 7 N–H and O–H groups in total. The Kier molecular flexibility index (Phi) is 14.8. The third kappa shape index (κ3) is 8.25. The van der Waals surface area contributed by atoms with Gasteiger partial charge in [-0.1, -0.05) is 129 Å². The van der Waals surface area contributed by atoms with E-state index in [1.165, 1.54) is 138 Å². The fourth-order valence-corrected chi connectivity index (χ4v) is 13.1. The Labute approximate surface area is 330 Å². The molecule has 1 aliphatic heterocycles. The summed E-state index contributed by atoms with van der Waals surface area (Å²) in [7, 11) is 0. The third-order valence-corrected chi connectivity index (χ3v) is 16.0. The normalized spacial score (nSPS) is 37.6. The van der Waals surface area contributed by atoms with Crippen LogP contribution in [0.25, 0.3) is 0 Å². The van der Waals surface area contributed by atoms with Gasteiger partial charge >= 0.3 is 0 Å². The second kappa shape index (κ2) is 19.3. The molecule has 5 unspecified atom stereocenters. The topological polar surface area (TPSA) is 169 Å². The number of aliphatic hydroxyl groups is 6. The SMILES string of the molecule is CCCCCCCCCCCCCC[C@@H](O)[C@@H](O)[C@H](COC1OC(CO)C(O)C(O)C1O)c1cc(CCCCCCCCCCC23C4C5C6C4C2C6C53)[nH]n1. The van der Waals surface area contributed by atoms with Gasteiger partial charge in [-0.3, -0.25) is 5.10 Å². The van der Waals surface area contributed by atoms with E-state index in [-0.39, 0.29) is 6.61 Å². The van der Waals surface area contributed by atoms with Crippen molar-refractivity contribution in [1.29, 1.82) is 0 Å². The van der Waals surface area contributed by atoms with Crippen LogP contribution in [0.2, 0.25) is 0 Å². The lowest BCUT2D eigenvalue weighted by Crippen LogP contribution is -3.05. The van der Waals surface area contributed by atoms with E-state index in [1.807, 2.05) is 6.07 Å². The number of rotatable bonds is 31. The van der Waals surface area contributed by atoms with E-state index in [4.69, 9.17) is 9.47 Å². The summed E-state index contributed by atoms with van der Waals surface area (Å²) in [5, 5.41) is 70.8. The lowest BCUT2D eigenvalue weighted by molar-refractivity contribution is -0.616. The average molecular weight is 773 g/mol. The number of nitrogens with zero attached hydrogens (tertiary/aromatic N) is 1. The molecule has 10 nitrogen and oxygen atoms in total. The number of hydrogen-bond donors (Lipinski definition) is 7. The van der Waals surface area contributed by atoms with Gasteiger partial charge in [0.2, 0.25) is 0 Å². The van der Waals surface area contributed by atoms with Gasteiger partial charge in [0, 0.05) is 5.69 Å². The third-order valence-electron chi connectivity index (χ3n) is 16.0. The van der Waals surface area contributed by atoms with Crippen LogP contribution in [0.15, 0.2) is 6.07 Å². The predicted molar refractivity (Wildman–Crippen MR) is 211 cm³/mol. The monoisotopic (exact) mass is 773 g/mol. The van der Waals surface area contributed by atoms with Crippen LogP contribution in [0.3, 0.4) is 0 Å². The zero-order valence-electron chi connectivity index (χ0n) is 33.9. The number of H-pyrrole nitrogens is 1. The molecular formula is C45H76N2O8. The molecule has 1 aromatic heterocycles. The molecule has 0 bridgehead atoms. The van der Waals surface area contributed by atoms with Crippen molar-refractivity contribution in [3.05, 3.63) is 17.5 Å². The molecule has 8 rings (SSSR count). The highest BCUT2D eigenvalue weighted by atomic mass is 16.7. The largest absolute Gasteiger partial charge is 0.394 e. The van der Waals surface area contributed by atoms with E-state index < -0.39 is 55.4 Å². The molecular weight excluding hydrogens is 697 g/mol. The summed E-state index contributed by atoms with van der Waals surface area (Å²) in [6, 6.07) is 1.93. The van der Waals surface area contributed by atoms with Gasteiger partial charge in [-0.2, -0.15) is 5.10 Å². The number of ether oxygens (including phenoxy) is 2. The maximum absolute atomic E-state index is 11.4. The average Bonchev–Trinajstić information content (AvgIpc) is 3.67. The maximum Gasteiger partial charge on any atom is 0.186 e. The van der Waals surface area contributed by atoms with Crippen molar-refractivity contribution in [2.45, 2.75) is 203 Å². The van der Waals surface area contributed by atoms with Crippen LogP contribution < -0.4 is 0 Å². The molecule has 314 valence electrons. The maximum atomic E-state index is 11.4. The molecule has 6 aliphatic carbocycles. The summed E-state index contributed by atoms with van der Waals surface area (Å²) in [4.78, 5) is 0. The van der Waals surface area contributed by atoms with E-state index in [2.05, 4.69) is 17.1 Å². The first-order valence-corrected chi connectivity index (χ1v) is 23.2. The Morgan fingerprint density at radius 1 is 0.709 bits per heavy atom. The summed E-state index contributed by atoms with van der Waals surface area (Å²) in [5.74, 6) is 7.75. The first-order valence-electron chi connectivity index (χ1n) is 23.2. The summed E-state index contributed by atoms with van der Waals surface area (Å²) >= 11 is 0. The van der Waals surface area contributed by atoms with E-state index in [0.717, 1.165) is 49.6 Å². The highest BCUT2D eigenvalue weighted by Crippen LogP contribution is 3.06. The lowest BCUT2D eigenvalue weighted by Gasteiger charge is -3.08. The smallest absolute Gasteiger partial charge is 0.186 e. The highest BCUT2D eigenvalue weighted by Gasteiger charge is 3.03. The number of hydrogen-bond acceptors (Lipinski definition) is 9. The van der Waals surface area contributed by atoms with Gasteiger partial charge in [0.15, 0.2) is 6.29 Å². The Morgan fingerprint density at radius 3 is 1.84 bits per heavy atom. The molecule has 0 spiro atoms. The van der Waals surface area contributed by atoms with Crippen LogP contribution in [-0.2, 0) is 15.9 Å². The number of unbranched alkanes of at least 4 members (excludes halogenated alkanes) is 18. The quantitative estimate of drug-likeness (QED) is 0.0415. The summed E-state index contributed by atoms with van der Waals surface area (Å²) in [6.07, 6.45) is 18.7. The van der Waals surface area contributed by atoms with Crippen LogP contribution in [0.1, 0.15) is 165 Å². The number of aliphatic hydroxyl groups excluding tert-OH is 6. The molecule has 7 aliphatic rings. The van der Waals surface area contributed by atoms with Gasteiger partial charge in [0.05, 0.1) is 37.0 Å². The van der Waals surface area contributed by atoms with Gasteiger partial charge in [0.25, 0.3) is 0 Å². The molecule has 0 aromatic carbocycles. The Bertz CT molecular complexity index is 1260. The molecule has 0 radical (unpaired) electrons. The van der Waals surface area contributed by atoms with Gasteiger partial charge in [-0.25, -0.2) is 0 Å². The minimum atomic E-state index is -1.56. The van der Waals surface area contributed by atoms with Crippen LogP contribution in [-0.4, -0.2) is 97.0 Å². The molecule has 1 aromatic rings. The second-order valence-corrected chi connectivity index (χ2v) is 19.0. The first-order chi connectivity index (χ1) is 26.8. The minimum absolute atomic E-state index is 0.144. The van der Waals surface area contributed by atoms with Gasteiger partial charge in [-0.15, -0.1) is 0 Å². The van der Waals surface area contributed by atoms with Crippen molar-refractivity contribution in [1.82, 2.24) is 10.2 Å². The van der Waals surface area contributed by atoms with Crippen LogP contribution in [0, 0.1) is 46.8 Å². The van der Waals surface area contributed by atoms with E-state index in [1.54, 1.807) is 6.42 Å². The second-order valence-electron chi connectivity index (χ2n) is 19.0. The van der Waals surface area contributed by atoms with E-state index in [0.29, 0.717) is 12.1 Å². The van der Waals surface area contributed by atoms with Crippen molar-refractivity contribution in [2.24, 2.45) is 46.8 Å². The zero-order valence-corrected chi connectivity index (χ0v) is 33.9. The number of aryl methyl sites for hydroxylation is 1. The summed E-state index contributed by atoms with van der Waals surface area (Å²) in [5.41, 5.74) is 2.42. The van der Waals surface area contributed by atoms with Crippen molar-refractivity contribution >= 4 is 0 Å². The minimum Gasteiger partial charge on any atom is -0.394 e. The van der Waals surface area contributed by atoms with Crippen LogP contribution in [0.5, 0.6) is 0 Å². The van der Waals surface area contributed by atoms with E-state index in [9.17, 15) is 30.6 Å². The number of aromatic amines is 1. The fraction of sp³-hybridized carbons (Fsp3) is 0.933. The number of nitrogens with one attached hydrogen (secondary N) is 1. The van der Waals surface area contributed by atoms with Gasteiger partial charge < -0.3 is 40.1 Å². The zero-order chi connectivity index (χ0) is 38.5. The number of aromatic nitrogens is 2. The summed E-state index contributed by atoms with van der Waals surface area (Å²) < 4.78 is 11.4. The molecule has 7 fully saturated rings. The fourth-order valence-electron chi connectivity index (χ4n) is 13.1. The first kappa shape index (κ1) is 42.0. The highest BCUT2D eigenvalue weighted by molar-refractivity contribution is 5.49. The lowest BCUT2D eigenvalue weighted by atomic mass is 8.96. The standard InChI is InChI=1S/C45H76N2O8/c1-2-3-4-5-6-7-8-9-10-14-17-20-23-31(49)40(50)29(27-54-44-43(53)42(52)41(51)32(26-48)55-44)30-25-28(46-47-30)22-19-16-13-11-12-15-18-21-24-45-37-34-33-35(37)39(45)36(33)38(34)45/h25,29,31-44,48-53H,2-24,26-27H2,1H3,(H,46,47)/t29-,31-,32?,33?,34?,35?,36?,37?,38?,39?,40+,41?,42?,43?,44?,45?/m1/s1. The molecule has 2 heterocycles. The van der Waals surface area contributed by atoms with Gasteiger partial charge in [-0.05, 0) is 78.6 Å². The molecule has 10 heteroatoms. The van der Waals surface area contributed by atoms with E-state index >= 15 is 0 Å². The Balaban J connectivity index is 0.791. The van der Waals surface area contributed by atoms with Gasteiger partial charge in [0.1, 0.15) is 24.4 Å². The van der Waals surface area contributed by atoms with Crippen molar-refractivity contribution in [3.63, 3.8) is 0 Å². The Morgan fingerprint density at radius 2 is 1.25 bits per heavy atom. The summed E-state index contributed by atoms with van der Waals surface area (Å²) in [6.45, 7) is 1.55. The molecule has 1 saturated heterocycles.